The number of hydrogen-bond donors (Lipinski definition) is 0. The van der Waals surface area contributed by atoms with Gasteiger partial charge in [0.15, 0.2) is 9.84 Å². The van der Waals surface area contributed by atoms with E-state index in [4.69, 9.17) is 21.1 Å². The third-order valence-electron chi connectivity index (χ3n) is 5.37. The SMILES string of the molecule is CO[C@@H]1CCN(CCc2cccc(Cl)c2)C[C@@H]1COc1ccc(S(C)(=O)=O)cc1. The Labute approximate surface area is 178 Å². The van der Waals surface area contributed by atoms with Gasteiger partial charge >= 0.3 is 0 Å². The number of methoxy groups -OCH3 is 1. The van der Waals surface area contributed by atoms with E-state index in [0.717, 1.165) is 37.5 Å². The highest BCUT2D eigenvalue weighted by Gasteiger charge is 2.29. The number of hydrogen-bond acceptors (Lipinski definition) is 5. The molecule has 3 rings (SSSR count). The minimum atomic E-state index is -3.20. The van der Waals surface area contributed by atoms with Gasteiger partial charge in [-0.2, -0.15) is 0 Å². The average Bonchev–Trinajstić information content (AvgIpc) is 2.70. The van der Waals surface area contributed by atoms with Crippen LogP contribution in [0.3, 0.4) is 0 Å². The molecule has 0 saturated carbocycles. The maximum absolute atomic E-state index is 11.6. The second kappa shape index (κ2) is 9.94. The second-order valence-electron chi connectivity index (χ2n) is 7.56. The summed E-state index contributed by atoms with van der Waals surface area (Å²) in [7, 11) is -1.45. The molecule has 0 N–H and O–H groups in total. The van der Waals surface area contributed by atoms with Crippen molar-refractivity contribution in [1.82, 2.24) is 4.90 Å². The molecule has 1 heterocycles. The van der Waals surface area contributed by atoms with E-state index in [-0.39, 0.29) is 12.0 Å². The first kappa shape index (κ1) is 22.1. The summed E-state index contributed by atoms with van der Waals surface area (Å²) >= 11 is 6.08. The van der Waals surface area contributed by atoms with E-state index in [9.17, 15) is 8.42 Å². The number of halogens is 1. The van der Waals surface area contributed by atoms with Gasteiger partial charge in [-0.15, -0.1) is 0 Å². The first-order valence-electron chi connectivity index (χ1n) is 9.77. The van der Waals surface area contributed by atoms with E-state index in [1.54, 1.807) is 31.4 Å². The smallest absolute Gasteiger partial charge is 0.175 e. The van der Waals surface area contributed by atoms with E-state index < -0.39 is 9.84 Å². The van der Waals surface area contributed by atoms with Crippen LogP contribution in [0, 0.1) is 5.92 Å². The Kier molecular flexibility index (Phi) is 7.57. The maximum atomic E-state index is 11.6. The predicted octanol–water partition coefficient (Wildman–Crippen LogP) is 3.70. The van der Waals surface area contributed by atoms with Crippen LogP contribution in [0.1, 0.15) is 12.0 Å². The van der Waals surface area contributed by atoms with Crippen molar-refractivity contribution in [1.29, 1.82) is 0 Å². The molecular weight excluding hydrogens is 410 g/mol. The van der Waals surface area contributed by atoms with E-state index in [0.29, 0.717) is 17.3 Å². The highest BCUT2D eigenvalue weighted by Crippen LogP contribution is 2.23. The normalized spacial score (nSPS) is 20.5. The number of sulfone groups is 1. The lowest BCUT2D eigenvalue weighted by atomic mass is 9.95. The van der Waals surface area contributed by atoms with Gasteiger partial charge < -0.3 is 14.4 Å². The summed E-state index contributed by atoms with van der Waals surface area (Å²) in [5.41, 5.74) is 1.24. The Hall–Kier alpha value is -1.60. The summed E-state index contributed by atoms with van der Waals surface area (Å²) < 4.78 is 34.8. The Morgan fingerprint density at radius 3 is 2.59 bits per heavy atom. The van der Waals surface area contributed by atoms with Gasteiger partial charge in [0.2, 0.25) is 0 Å². The quantitative estimate of drug-likeness (QED) is 0.630. The Bertz CT molecular complexity index is 901. The molecule has 1 saturated heterocycles. The zero-order valence-electron chi connectivity index (χ0n) is 16.9. The summed E-state index contributed by atoms with van der Waals surface area (Å²) in [6.45, 7) is 3.40. The molecule has 0 spiro atoms. The number of nitrogens with zero attached hydrogens (tertiary/aromatic N) is 1. The van der Waals surface area contributed by atoms with E-state index in [2.05, 4.69) is 11.0 Å². The molecular formula is C22H28ClNO4S. The topological polar surface area (TPSA) is 55.8 Å². The summed E-state index contributed by atoms with van der Waals surface area (Å²) in [5, 5.41) is 0.772. The van der Waals surface area contributed by atoms with Crippen LogP contribution in [0.25, 0.3) is 0 Å². The molecule has 0 amide bonds. The van der Waals surface area contributed by atoms with Crippen molar-refractivity contribution in [2.45, 2.75) is 23.8 Å². The number of rotatable bonds is 8. The average molecular weight is 438 g/mol. The van der Waals surface area contributed by atoms with Crippen LogP contribution >= 0.6 is 11.6 Å². The molecule has 2 aromatic carbocycles. The summed E-state index contributed by atoms with van der Waals surface area (Å²) in [6, 6.07) is 14.6. The highest BCUT2D eigenvalue weighted by atomic mass is 35.5. The van der Waals surface area contributed by atoms with Gasteiger partial charge in [0.05, 0.1) is 17.6 Å². The van der Waals surface area contributed by atoms with Gasteiger partial charge in [-0.3, -0.25) is 0 Å². The number of likely N-dealkylation sites (tertiary alicyclic amines) is 1. The molecule has 158 valence electrons. The summed E-state index contributed by atoms with van der Waals surface area (Å²) in [4.78, 5) is 2.74. The molecule has 1 fully saturated rings. The van der Waals surface area contributed by atoms with Crippen molar-refractivity contribution < 1.29 is 17.9 Å². The molecule has 0 unspecified atom stereocenters. The van der Waals surface area contributed by atoms with Crippen LogP contribution < -0.4 is 4.74 Å². The van der Waals surface area contributed by atoms with Crippen LogP contribution in [0.15, 0.2) is 53.4 Å². The fourth-order valence-corrected chi connectivity index (χ4v) is 4.57. The van der Waals surface area contributed by atoms with Crippen molar-refractivity contribution in [2.24, 2.45) is 5.92 Å². The zero-order chi connectivity index (χ0) is 20.9. The zero-order valence-corrected chi connectivity index (χ0v) is 18.5. The lowest BCUT2D eigenvalue weighted by Crippen LogP contribution is -2.46. The van der Waals surface area contributed by atoms with Gasteiger partial charge in [-0.05, 0) is 54.8 Å². The van der Waals surface area contributed by atoms with Gasteiger partial charge in [0.25, 0.3) is 0 Å². The van der Waals surface area contributed by atoms with Crippen molar-refractivity contribution in [3.63, 3.8) is 0 Å². The molecule has 2 aromatic rings. The second-order valence-corrected chi connectivity index (χ2v) is 10.0. The summed E-state index contributed by atoms with van der Waals surface area (Å²) in [6.07, 6.45) is 3.28. The van der Waals surface area contributed by atoms with E-state index in [1.165, 1.54) is 11.8 Å². The molecule has 0 bridgehead atoms. The van der Waals surface area contributed by atoms with E-state index in [1.807, 2.05) is 18.2 Å². The van der Waals surface area contributed by atoms with Crippen molar-refractivity contribution >= 4 is 21.4 Å². The molecule has 7 heteroatoms. The molecule has 5 nitrogen and oxygen atoms in total. The monoisotopic (exact) mass is 437 g/mol. The maximum Gasteiger partial charge on any atom is 0.175 e. The number of ether oxygens (including phenoxy) is 2. The molecule has 1 aliphatic rings. The molecule has 0 aliphatic carbocycles. The highest BCUT2D eigenvalue weighted by molar-refractivity contribution is 7.90. The first-order chi connectivity index (χ1) is 13.8. The minimum Gasteiger partial charge on any atom is -0.493 e. The van der Waals surface area contributed by atoms with Crippen molar-refractivity contribution in [2.75, 3.05) is 39.6 Å². The third kappa shape index (κ3) is 6.44. The van der Waals surface area contributed by atoms with E-state index >= 15 is 0 Å². The molecule has 2 atom stereocenters. The third-order valence-corrected chi connectivity index (χ3v) is 6.74. The molecule has 0 radical (unpaired) electrons. The molecule has 1 aliphatic heterocycles. The fraction of sp³-hybridized carbons (Fsp3) is 0.455. The number of benzene rings is 2. The van der Waals surface area contributed by atoms with Crippen molar-refractivity contribution in [3.8, 4) is 5.75 Å². The summed E-state index contributed by atoms with van der Waals surface area (Å²) in [5.74, 6) is 0.922. The molecule has 29 heavy (non-hydrogen) atoms. The Morgan fingerprint density at radius 2 is 1.93 bits per heavy atom. The van der Waals surface area contributed by atoms with Gasteiger partial charge in [-0.1, -0.05) is 23.7 Å². The van der Waals surface area contributed by atoms with Gasteiger partial charge in [0, 0.05) is 43.9 Å². The lowest BCUT2D eigenvalue weighted by Gasteiger charge is -2.37. The van der Waals surface area contributed by atoms with Crippen LogP contribution in [0.2, 0.25) is 5.02 Å². The molecule has 0 aromatic heterocycles. The standard InChI is InChI=1S/C22H28ClNO4S/c1-27-22-11-13-24(12-10-17-4-3-5-19(23)14-17)15-18(22)16-28-20-6-8-21(9-7-20)29(2,25)26/h3-9,14,18,22H,10-13,15-16H2,1-2H3/t18-,22-/m1/s1. The Morgan fingerprint density at radius 1 is 1.17 bits per heavy atom. The van der Waals surface area contributed by atoms with Crippen LogP contribution in [0.4, 0.5) is 0 Å². The minimum absolute atomic E-state index is 0.160. The van der Waals surface area contributed by atoms with Crippen molar-refractivity contribution in [3.05, 3.63) is 59.1 Å². The Balaban J connectivity index is 1.55. The van der Waals surface area contributed by atoms with Crippen LogP contribution in [-0.2, 0) is 21.0 Å². The lowest BCUT2D eigenvalue weighted by molar-refractivity contribution is -0.0225. The van der Waals surface area contributed by atoms with Crippen LogP contribution in [-0.4, -0.2) is 59.0 Å². The predicted molar refractivity (Wildman–Crippen MR) is 116 cm³/mol. The largest absolute Gasteiger partial charge is 0.493 e. The van der Waals surface area contributed by atoms with Gasteiger partial charge in [-0.25, -0.2) is 8.42 Å². The van der Waals surface area contributed by atoms with Crippen LogP contribution in [0.5, 0.6) is 5.75 Å². The first-order valence-corrected chi connectivity index (χ1v) is 12.0. The fourth-order valence-electron chi connectivity index (χ4n) is 3.73. The van der Waals surface area contributed by atoms with Gasteiger partial charge in [0.1, 0.15) is 5.75 Å². The number of piperidine rings is 1.